The van der Waals surface area contributed by atoms with Crippen molar-refractivity contribution in [3.63, 3.8) is 0 Å². The quantitative estimate of drug-likeness (QED) is 0.209. The first kappa shape index (κ1) is 34.2. The molecule has 2 aliphatic rings. The smallest absolute Gasteiger partial charge is 0.312 e. The number of nitrogens with one attached hydrogen (secondary N) is 2. The van der Waals surface area contributed by atoms with Crippen molar-refractivity contribution >= 4 is 35.1 Å². The van der Waals surface area contributed by atoms with Crippen LogP contribution in [-0.2, 0) is 27.2 Å². The van der Waals surface area contributed by atoms with E-state index in [1.807, 2.05) is 73.7 Å². The first-order valence-electron chi connectivity index (χ1n) is 16.6. The van der Waals surface area contributed by atoms with Crippen molar-refractivity contribution in [3.8, 4) is 5.75 Å². The van der Waals surface area contributed by atoms with Crippen LogP contribution in [0.4, 0.5) is 20.6 Å². The van der Waals surface area contributed by atoms with Gasteiger partial charge in [-0.1, -0.05) is 78.9 Å². The summed E-state index contributed by atoms with van der Waals surface area (Å²) in [5, 5.41) is 5.41. The van der Waals surface area contributed by atoms with Crippen LogP contribution < -0.4 is 30.9 Å². The molecule has 5 amide bonds. The highest BCUT2D eigenvalue weighted by molar-refractivity contribution is 6.04. The zero-order valence-electron chi connectivity index (χ0n) is 28.1. The van der Waals surface area contributed by atoms with Crippen molar-refractivity contribution in [2.75, 3.05) is 16.5 Å². The van der Waals surface area contributed by atoms with Gasteiger partial charge in [0.1, 0.15) is 24.5 Å². The number of hydrogen-bond donors (Lipinski definition) is 3. The van der Waals surface area contributed by atoms with Gasteiger partial charge in [0, 0.05) is 24.2 Å². The number of hydrogen-bond acceptors (Lipinski definition) is 5. The topological polar surface area (TPSA) is 134 Å². The summed E-state index contributed by atoms with van der Waals surface area (Å²) in [6, 6.07) is 27.2. The van der Waals surface area contributed by atoms with E-state index in [9.17, 15) is 23.6 Å². The molecule has 6 rings (SSSR count). The van der Waals surface area contributed by atoms with Crippen LogP contribution in [0.25, 0.3) is 0 Å². The molecule has 0 unspecified atom stereocenters. The third-order valence-corrected chi connectivity index (χ3v) is 9.36. The maximum atomic E-state index is 14.8. The lowest BCUT2D eigenvalue weighted by Crippen LogP contribution is -2.58. The van der Waals surface area contributed by atoms with E-state index in [-0.39, 0.29) is 18.4 Å². The van der Waals surface area contributed by atoms with Crippen LogP contribution in [0.2, 0.25) is 0 Å². The lowest BCUT2D eigenvalue weighted by molar-refractivity contribution is -0.137. The summed E-state index contributed by atoms with van der Waals surface area (Å²) in [5.41, 5.74) is 8.49. The Kier molecular flexibility index (Phi) is 9.59. The molecule has 2 heterocycles. The number of primary amides is 1. The predicted octanol–water partition coefficient (Wildman–Crippen LogP) is 5.32. The summed E-state index contributed by atoms with van der Waals surface area (Å²) < 4.78 is 20.9. The highest BCUT2D eigenvalue weighted by Gasteiger charge is 2.41. The summed E-state index contributed by atoms with van der Waals surface area (Å²) in [7, 11) is 0. The van der Waals surface area contributed by atoms with Crippen molar-refractivity contribution in [2.24, 2.45) is 5.73 Å². The number of nitrogens with zero attached hydrogens (tertiary/aromatic N) is 2. The molecule has 0 saturated heterocycles. The van der Waals surface area contributed by atoms with E-state index in [4.69, 9.17) is 10.5 Å². The van der Waals surface area contributed by atoms with Gasteiger partial charge in [0.05, 0.1) is 12.1 Å². The van der Waals surface area contributed by atoms with Crippen molar-refractivity contribution in [1.82, 2.24) is 10.6 Å². The van der Waals surface area contributed by atoms with Crippen LogP contribution in [0.3, 0.4) is 0 Å². The van der Waals surface area contributed by atoms with Crippen molar-refractivity contribution in [1.29, 1.82) is 0 Å². The molecule has 11 heteroatoms. The molecule has 0 fully saturated rings. The molecular formula is C39H40FN5O5. The van der Waals surface area contributed by atoms with E-state index < -0.39 is 48.2 Å². The Bertz CT molecular complexity index is 1900. The molecule has 4 N–H and O–H groups in total. The number of ether oxygens (including phenoxy) is 1. The predicted molar refractivity (Wildman–Crippen MR) is 188 cm³/mol. The number of amides is 5. The lowest BCUT2D eigenvalue weighted by Gasteiger charge is -2.39. The molecule has 0 radical (unpaired) electrons. The van der Waals surface area contributed by atoms with E-state index in [1.165, 1.54) is 4.90 Å². The molecule has 50 heavy (non-hydrogen) atoms. The van der Waals surface area contributed by atoms with Gasteiger partial charge in [0.2, 0.25) is 5.91 Å². The lowest BCUT2D eigenvalue weighted by atomic mass is 9.93. The van der Waals surface area contributed by atoms with Gasteiger partial charge in [-0.2, -0.15) is 0 Å². The summed E-state index contributed by atoms with van der Waals surface area (Å²) in [5.74, 6) is -0.825. The van der Waals surface area contributed by atoms with Gasteiger partial charge in [0.25, 0.3) is 11.8 Å². The van der Waals surface area contributed by atoms with Gasteiger partial charge in [-0.05, 0) is 67.3 Å². The number of urea groups is 1. The van der Waals surface area contributed by atoms with E-state index in [1.54, 1.807) is 55.1 Å². The van der Waals surface area contributed by atoms with Gasteiger partial charge in [-0.25, -0.2) is 9.18 Å². The molecule has 0 bridgehead atoms. The zero-order chi connectivity index (χ0) is 35.6. The minimum atomic E-state index is -1.39. The fourth-order valence-corrected chi connectivity index (χ4v) is 6.76. The second-order valence-electron chi connectivity index (χ2n) is 13.1. The Hall–Kier alpha value is -5.71. The Labute approximate surface area is 290 Å². The SMILES string of the molecule is C[C@@H](c1ccccc1)N1C(=O)[C@H](NC(=O)C(C)(C)Oc2ccc([C@H](CF)N3C(=O)[C@H](NC(N)=O)Cc4ccccc43)cc2)Cc2ccccc21. The number of alkyl halides is 1. The number of anilines is 2. The summed E-state index contributed by atoms with van der Waals surface area (Å²) >= 11 is 0. The minimum absolute atomic E-state index is 0.215. The Morgan fingerprint density at radius 1 is 0.780 bits per heavy atom. The Balaban J connectivity index is 1.18. The van der Waals surface area contributed by atoms with Gasteiger partial charge in [-0.15, -0.1) is 0 Å². The molecule has 10 nitrogen and oxygen atoms in total. The van der Waals surface area contributed by atoms with Crippen LogP contribution in [0.5, 0.6) is 5.75 Å². The second-order valence-corrected chi connectivity index (χ2v) is 13.1. The molecule has 0 aromatic heterocycles. The van der Waals surface area contributed by atoms with E-state index in [0.717, 1.165) is 22.4 Å². The van der Waals surface area contributed by atoms with Gasteiger partial charge < -0.3 is 30.9 Å². The molecule has 258 valence electrons. The third-order valence-electron chi connectivity index (χ3n) is 9.36. The minimum Gasteiger partial charge on any atom is -0.478 e. The largest absolute Gasteiger partial charge is 0.478 e. The van der Waals surface area contributed by atoms with Crippen LogP contribution in [0.1, 0.15) is 55.1 Å². The first-order valence-corrected chi connectivity index (χ1v) is 16.6. The zero-order valence-corrected chi connectivity index (χ0v) is 28.1. The van der Waals surface area contributed by atoms with Crippen molar-refractivity contribution in [2.45, 2.75) is 63.4 Å². The van der Waals surface area contributed by atoms with Crippen LogP contribution in [0, 0.1) is 0 Å². The first-order chi connectivity index (χ1) is 24.0. The highest BCUT2D eigenvalue weighted by Crippen LogP contribution is 2.37. The number of fused-ring (bicyclic) bond motifs is 2. The molecular weight excluding hydrogens is 637 g/mol. The van der Waals surface area contributed by atoms with Crippen LogP contribution >= 0.6 is 0 Å². The van der Waals surface area contributed by atoms with Gasteiger partial charge in [0.15, 0.2) is 5.60 Å². The molecule has 2 aliphatic heterocycles. The number of carbonyl (C=O) groups is 4. The molecule has 0 aliphatic carbocycles. The Morgan fingerprint density at radius 3 is 1.88 bits per heavy atom. The van der Waals surface area contributed by atoms with Crippen LogP contribution in [-0.4, -0.2) is 48.1 Å². The number of rotatable bonds is 10. The molecule has 4 aromatic carbocycles. The molecule has 0 spiro atoms. The van der Waals surface area contributed by atoms with E-state index >= 15 is 0 Å². The number of benzene rings is 4. The number of halogens is 1. The number of nitrogens with two attached hydrogens (primary N) is 1. The maximum absolute atomic E-state index is 14.8. The van der Waals surface area contributed by atoms with Crippen molar-refractivity contribution in [3.05, 3.63) is 125 Å². The average Bonchev–Trinajstić information content (AvgIpc) is 3.10. The fraction of sp³-hybridized carbons (Fsp3) is 0.282. The number of para-hydroxylation sites is 2. The van der Waals surface area contributed by atoms with Gasteiger partial charge in [-0.3, -0.25) is 14.4 Å². The maximum Gasteiger partial charge on any atom is 0.312 e. The van der Waals surface area contributed by atoms with Crippen LogP contribution in [0.15, 0.2) is 103 Å². The molecule has 4 aromatic rings. The standard InChI is InChI=1S/C39H40FN5O5/c1-24(25-11-5-4-6-12-25)44-32-15-9-7-13-27(32)21-30(35(44)46)42-37(48)39(2,3)50-29-19-17-26(18-20-29)34(23-40)45-33-16-10-8-14-28(33)22-31(36(45)47)43-38(41)49/h4-20,24,30-31,34H,21-23H2,1-3H3,(H,42,48)(H3,41,43,49)/t24-,30+,31+,34-/m0/s1. The van der Waals surface area contributed by atoms with Crippen molar-refractivity contribution < 1.29 is 28.3 Å². The summed E-state index contributed by atoms with van der Waals surface area (Å²) in [6.07, 6.45) is 0.572. The van der Waals surface area contributed by atoms with Gasteiger partial charge >= 0.3 is 6.03 Å². The monoisotopic (exact) mass is 677 g/mol. The van der Waals surface area contributed by atoms with E-state index in [2.05, 4.69) is 10.6 Å². The summed E-state index contributed by atoms with van der Waals surface area (Å²) in [6.45, 7) is 4.30. The Morgan fingerprint density at radius 2 is 1.30 bits per heavy atom. The highest BCUT2D eigenvalue weighted by atomic mass is 19.1. The number of carbonyl (C=O) groups excluding carboxylic acids is 4. The molecule has 0 saturated carbocycles. The normalized spacial score (nSPS) is 18.4. The average molecular weight is 678 g/mol. The molecule has 4 atom stereocenters. The fourth-order valence-electron chi connectivity index (χ4n) is 6.76. The van der Waals surface area contributed by atoms with E-state index in [0.29, 0.717) is 23.4 Å². The second kappa shape index (κ2) is 14.0. The summed E-state index contributed by atoms with van der Waals surface area (Å²) in [4.78, 5) is 55.8. The third kappa shape index (κ3) is 6.76.